The van der Waals surface area contributed by atoms with Gasteiger partial charge >= 0.3 is 0 Å². The Morgan fingerprint density at radius 2 is 1.73 bits per heavy atom. The predicted octanol–water partition coefficient (Wildman–Crippen LogP) is 2.72. The highest BCUT2D eigenvalue weighted by Crippen LogP contribution is 2.21. The van der Waals surface area contributed by atoms with Crippen molar-refractivity contribution in [2.45, 2.75) is 64.3 Å². The molecule has 3 nitrogen and oxygen atoms in total. The van der Waals surface area contributed by atoms with Crippen LogP contribution in [0.3, 0.4) is 0 Å². The zero-order valence-corrected chi connectivity index (χ0v) is 10.6. The Bertz CT molecular complexity index is 142. The normalized spacial score (nSPS) is 15.6. The second-order valence-corrected chi connectivity index (χ2v) is 4.41. The molecule has 0 aromatic carbocycles. The van der Waals surface area contributed by atoms with Crippen LogP contribution in [-0.4, -0.2) is 31.2 Å². The Morgan fingerprint density at radius 3 is 2.20 bits per heavy atom. The molecule has 0 spiro atoms. The van der Waals surface area contributed by atoms with E-state index < -0.39 is 5.60 Å². The van der Waals surface area contributed by atoms with Crippen LogP contribution in [0, 0.1) is 0 Å². The number of ether oxygens (including phenoxy) is 2. The molecule has 0 radical (unpaired) electrons. The summed E-state index contributed by atoms with van der Waals surface area (Å²) in [6.07, 6.45) is 5.78. The summed E-state index contributed by atoms with van der Waals surface area (Å²) in [6.45, 7) is 4.04. The fourth-order valence-corrected chi connectivity index (χ4v) is 1.66. The lowest BCUT2D eigenvalue weighted by atomic mass is 9.94. The molecule has 0 heterocycles. The molecule has 1 unspecified atom stereocenters. The average molecular weight is 218 g/mol. The first-order valence-corrected chi connectivity index (χ1v) is 5.83. The van der Waals surface area contributed by atoms with Gasteiger partial charge in [0.2, 0.25) is 0 Å². The molecular formula is C12H26O3. The van der Waals surface area contributed by atoms with Crippen molar-refractivity contribution in [3.63, 3.8) is 0 Å². The SMILES string of the molecule is CCCCCCC(C)(O)CC(OC)OC. The number of hydrogen-bond acceptors (Lipinski definition) is 3. The van der Waals surface area contributed by atoms with E-state index in [-0.39, 0.29) is 6.29 Å². The second-order valence-electron chi connectivity index (χ2n) is 4.41. The first-order valence-electron chi connectivity index (χ1n) is 5.83. The van der Waals surface area contributed by atoms with Crippen LogP contribution in [0.15, 0.2) is 0 Å². The fraction of sp³-hybridized carbons (Fsp3) is 1.00. The smallest absolute Gasteiger partial charge is 0.159 e. The van der Waals surface area contributed by atoms with Gasteiger partial charge in [0, 0.05) is 20.6 Å². The zero-order valence-electron chi connectivity index (χ0n) is 10.6. The van der Waals surface area contributed by atoms with Gasteiger partial charge in [-0.15, -0.1) is 0 Å². The van der Waals surface area contributed by atoms with Gasteiger partial charge < -0.3 is 14.6 Å². The van der Waals surface area contributed by atoms with Gasteiger partial charge in [0.1, 0.15) is 0 Å². The largest absolute Gasteiger partial charge is 0.390 e. The van der Waals surface area contributed by atoms with Crippen molar-refractivity contribution in [2.24, 2.45) is 0 Å². The van der Waals surface area contributed by atoms with Crippen molar-refractivity contribution in [3.05, 3.63) is 0 Å². The van der Waals surface area contributed by atoms with Crippen LogP contribution in [-0.2, 0) is 9.47 Å². The maximum atomic E-state index is 10.1. The third-order valence-electron chi connectivity index (χ3n) is 2.70. The number of methoxy groups -OCH3 is 2. The molecule has 0 bridgehead atoms. The van der Waals surface area contributed by atoms with Crippen molar-refractivity contribution >= 4 is 0 Å². The van der Waals surface area contributed by atoms with E-state index >= 15 is 0 Å². The summed E-state index contributed by atoms with van der Waals surface area (Å²) >= 11 is 0. The van der Waals surface area contributed by atoms with E-state index in [0.717, 1.165) is 12.8 Å². The summed E-state index contributed by atoms with van der Waals surface area (Å²) in [6, 6.07) is 0. The van der Waals surface area contributed by atoms with E-state index in [9.17, 15) is 5.11 Å². The summed E-state index contributed by atoms with van der Waals surface area (Å²) in [5.74, 6) is 0. The predicted molar refractivity (Wildman–Crippen MR) is 61.8 cm³/mol. The third kappa shape index (κ3) is 7.77. The number of aliphatic hydroxyl groups is 1. The van der Waals surface area contributed by atoms with Crippen LogP contribution < -0.4 is 0 Å². The Kier molecular flexibility index (Phi) is 8.02. The lowest BCUT2D eigenvalue weighted by Gasteiger charge is -2.27. The van der Waals surface area contributed by atoms with Crippen LogP contribution in [0.2, 0.25) is 0 Å². The van der Waals surface area contributed by atoms with Crippen LogP contribution in [0.1, 0.15) is 52.4 Å². The van der Waals surface area contributed by atoms with E-state index in [2.05, 4.69) is 6.92 Å². The van der Waals surface area contributed by atoms with Crippen molar-refractivity contribution < 1.29 is 14.6 Å². The molecule has 0 saturated carbocycles. The van der Waals surface area contributed by atoms with Crippen LogP contribution >= 0.6 is 0 Å². The Morgan fingerprint density at radius 1 is 1.13 bits per heavy atom. The van der Waals surface area contributed by atoms with E-state index in [1.807, 2.05) is 6.92 Å². The minimum absolute atomic E-state index is 0.300. The molecule has 0 aliphatic rings. The minimum Gasteiger partial charge on any atom is -0.390 e. The molecule has 0 saturated heterocycles. The Hall–Kier alpha value is -0.120. The molecular weight excluding hydrogens is 192 g/mol. The van der Waals surface area contributed by atoms with E-state index in [4.69, 9.17) is 9.47 Å². The van der Waals surface area contributed by atoms with Crippen LogP contribution in [0.5, 0.6) is 0 Å². The quantitative estimate of drug-likeness (QED) is 0.478. The van der Waals surface area contributed by atoms with Gasteiger partial charge in [0.05, 0.1) is 5.60 Å². The summed E-state index contributed by atoms with van der Waals surface area (Å²) in [5, 5.41) is 10.1. The van der Waals surface area contributed by atoms with Crippen molar-refractivity contribution in [3.8, 4) is 0 Å². The minimum atomic E-state index is -0.676. The standard InChI is InChI=1S/C12H26O3/c1-5-6-7-8-9-12(2,13)10-11(14-3)15-4/h11,13H,5-10H2,1-4H3. The molecule has 0 rings (SSSR count). The summed E-state index contributed by atoms with van der Waals surface area (Å²) in [5.41, 5.74) is -0.676. The van der Waals surface area contributed by atoms with E-state index in [1.54, 1.807) is 14.2 Å². The molecule has 0 amide bonds. The van der Waals surface area contributed by atoms with Gasteiger partial charge in [0.25, 0.3) is 0 Å². The molecule has 1 N–H and O–H groups in total. The highest BCUT2D eigenvalue weighted by Gasteiger charge is 2.24. The summed E-state index contributed by atoms with van der Waals surface area (Å²) < 4.78 is 10.2. The Labute approximate surface area is 93.8 Å². The van der Waals surface area contributed by atoms with Crippen LogP contribution in [0.25, 0.3) is 0 Å². The first kappa shape index (κ1) is 14.9. The maximum Gasteiger partial charge on any atom is 0.159 e. The zero-order chi connectivity index (χ0) is 11.7. The number of rotatable bonds is 9. The molecule has 0 aromatic rings. The highest BCUT2D eigenvalue weighted by molar-refractivity contribution is 4.74. The topological polar surface area (TPSA) is 38.7 Å². The lowest BCUT2D eigenvalue weighted by Crippen LogP contribution is -2.31. The molecule has 3 heteroatoms. The molecule has 0 aliphatic heterocycles. The third-order valence-corrected chi connectivity index (χ3v) is 2.70. The van der Waals surface area contributed by atoms with Gasteiger partial charge in [0.15, 0.2) is 6.29 Å². The van der Waals surface area contributed by atoms with Gasteiger partial charge in [-0.1, -0.05) is 32.6 Å². The second kappa shape index (κ2) is 8.08. The van der Waals surface area contributed by atoms with E-state index in [1.165, 1.54) is 19.3 Å². The Balaban J connectivity index is 3.74. The summed E-state index contributed by atoms with van der Waals surface area (Å²) in [4.78, 5) is 0. The molecule has 0 fully saturated rings. The number of hydrogen-bond donors (Lipinski definition) is 1. The highest BCUT2D eigenvalue weighted by atomic mass is 16.7. The summed E-state index contributed by atoms with van der Waals surface area (Å²) in [7, 11) is 3.20. The van der Waals surface area contributed by atoms with E-state index in [0.29, 0.717) is 6.42 Å². The number of unbranched alkanes of at least 4 members (excludes halogenated alkanes) is 3. The molecule has 1 atom stereocenters. The van der Waals surface area contributed by atoms with Crippen molar-refractivity contribution in [1.29, 1.82) is 0 Å². The molecule has 15 heavy (non-hydrogen) atoms. The molecule has 92 valence electrons. The fourth-order valence-electron chi connectivity index (χ4n) is 1.66. The maximum absolute atomic E-state index is 10.1. The monoisotopic (exact) mass is 218 g/mol. The van der Waals surface area contributed by atoms with Gasteiger partial charge in [-0.25, -0.2) is 0 Å². The molecule has 0 aromatic heterocycles. The van der Waals surface area contributed by atoms with Crippen molar-refractivity contribution in [2.75, 3.05) is 14.2 Å². The first-order chi connectivity index (χ1) is 7.05. The van der Waals surface area contributed by atoms with Gasteiger partial charge in [-0.2, -0.15) is 0 Å². The van der Waals surface area contributed by atoms with Crippen LogP contribution in [0.4, 0.5) is 0 Å². The lowest BCUT2D eigenvalue weighted by molar-refractivity contribution is -0.141. The molecule has 0 aliphatic carbocycles. The average Bonchev–Trinajstić information content (AvgIpc) is 2.21. The van der Waals surface area contributed by atoms with Gasteiger partial charge in [-0.3, -0.25) is 0 Å². The van der Waals surface area contributed by atoms with Crippen molar-refractivity contribution in [1.82, 2.24) is 0 Å². The van der Waals surface area contributed by atoms with Gasteiger partial charge in [-0.05, 0) is 13.3 Å².